The van der Waals surface area contributed by atoms with Crippen LogP contribution in [0.5, 0.6) is 0 Å². The highest BCUT2D eigenvalue weighted by Crippen LogP contribution is 2.12. The molecule has 112 valence electrons. The molecular formula is C11H22N2O5S. The molecule has 7 nitrogen and oxygen atoms in total. The van der Waals surface area contributed by atoms with Gasteiger partial charge in [-0.2, -0.15) is 4.31 Å². The van der Waals surface area contributed by atoms with Crippen molar-refractivity contribution in [1.29, 1.82) is 0 Å². The van der Waals surface area contributed by atoms with Crippen LogP contribution in [0.3, 0.4) is 0 Å². The minimum Gasteiger partial charge on any atom is -0.469 e. The second-order valence-electron chi connectivity index (χ2n) is 4.40. The zero-order chi connectivity index (χ0) is 14.3. The van der Waals surface area contributed by atoms with Crippen LogP contribution in [0.15, 0.2) is 0 Å². The number of ether oxygens (including phenoxy) is 2. The van der Waals surface area contributed by atoms with E-state index >= 15 is 0 Å². The fourth-order valence-electron chi connectivity index (χ4n) is 1.93. The zero-order valence-corrected chi connectivity index (χ0v) is 12.2. The summed E-state index contributed by atoms with van der Waals surface area (Å²) in [6, 6.07) is 0. The van der Waals surface area contributed by atoms with Gasteiger partial charge >= 0.3 is 5.97 Å². The average molecular weight is 294 g/mol. The maximum Gasteiger partial charge on any atom is 0.305 e. The standard InChI is InChI=1S/C11H22N2O5S/c1-12-8-10-9-13(5-6-18-10)19(15,16)7-3-4-11(14)17-2/h10,12H,3-9H2,1-2H3. The first-order chi connectivity index (χ1) is 8.99. The molecule has 0 amide bonds. The van der Waals surface area contributed by atoms with Gasteiger partial charge in [0, 0.05) is 26.1 Å². The summed E-state index contributed by atoms with van der Waals surface area (Å²) in [6.45, 7) is 1.76. The molecule has 0 spiro atoms. The van der Waals surface area contributed by atoms with E-state index in [4.69, 9.17) is 4.74 Å². The minimum absolute atomic E-state index is 0.0334. The van der Waals surface area contributed by atoms with Crippen molar-refractivity contribution < 1.29 is 22.7 Å². The van der Waals surface area contributed by atoms with Crippen LogP contribution in [0.2, 0.25) is 0 Å². The lowest BCUT2D eigenvalue weighted by Gasteiger charge is -2.32. The Bertz CT molecular complexity index is 383. The van der Waals surface area contributed by atoms with E-state index in [9.17, 15) is 13.2 Å². The number of esters is 1. The van der Waals surface area contributed by atoms with Crippen molar-refractivity contribution in [2.75, 3.05) is 46.2 Å². The third-order valence-corrected chi connectivity index (χ3v) is 4.86. The molecule has 1 N–H and O–H groups in total. The largest absolute Gasteiger partial charge is 0.469 e. The molecule has 0 radical (unpaired) electrons. The van der Waals surface area contributed by atoms with E-state index in [0.29, 0.717) is 26.2 Å². The molecule has 0 saturated carbocycles. The number of carbonyl (C=O) groups excluding carboxylic acids is 1. The summed E-state index contributed by atoms with van der Waals surface area (Å²) < 4.78 is 35.6. The lowest BCUT2D eigenvalue weighted by Crippen LogP contribution is -2.49. The summed E-state index contributed by atoms with van der Waals surface area (Å²) >= 11 is 0. The summed E-state index contributed by atoms with van der Waals surface area (Å²) in [5, 5.41) is 2.97. The fraction of sp³-hybridized carbons (Fsp3) is 0.909. The quantitative estimate of drug-likeness (QED) is 0.618. The van der Waals surface area contributed by atoms with Gasteiger partial charge < -0.3 is 14.8 Å². The summed E-state index contributed by atoms with van der Waals surface area (Å²) in [5.74, 6) is -0.417. The SMILES string of the molecule is CNCC1CN(S(=O)(=O)CCCC(=O)OC)CCO1. The maximum absolute atomic E-state index is 12.1. The Morgan fingerprint density at radius 1 is 1.53 bits per heavy atom. The smallest absolute Gasteiger partial charge is 0.305 e. The molecule has 0 aromatic heterocycles. The number of nitrogens with zero attached hydrogens (tertiary/aromatic N) is 1. The Kier molecular flexibility index (Phi) is 6.70. The van der Waals surface area contributed by atoms with Crippen LogP contribution in [-0.2, 0) is 24.3 Å². The number of rotatable bonds is 7. The third-order valence-electron chi connectivity index (χ3n) is 2.94. The van der Waals surface area contributed by atoms with Gasteiger partial charge in [0.25, 0.3) is 0 Å². The van der Waals surface area contributed by atoms with Gasteiger partial charge in [-0.1, -0.05) is 0 Å². The average Bonchev–Trinajstić information content (AvgIpc) is 2.39. The predicted molar refractivity (Wildman–Crippen MR) is 70.3 cm³/mol. The van der Waals surface area contributed by atoms with E-state index in [1.54, 1.807) is 7.05 Å². The highest BCUT2D eigenvalue weighted by atomic mass is 32.2. The molecule has 1 atom stereocenters. The van der Waals surface area contributed by atoms with Crippen LogP contribution >= 0.6 is 0 Å². The zero-order valence-electron chi connectivity index (χ0n) is 11.4. The van der Waals surface area contributed by atoms with Gasteiger partial charge in [0.05, 0.1) is 25.6 Å². The lowest BCUT2D eigenvalue weighted by atomic mass is 10.3. The minimum atomic E-state index is -3.32. The van der Waals surface area contributed by atoms with Crippen molar-refractivity contribution in [3.8, 4) is 0 Å². The second kappa shape index (κ2) is 7.78. The first kappa shape index (κ1) is 16.4. The Morgan fingerprint density at radius 2 is 2.26 bits per heavy atom. The van der Waals surface area contributed by atoms with E-state index in [1.165, 1.54) is 11.4 Å². The summed E-state index contributed by atoms with van der Waals surface area (Å²) in [5.41, 5.74) is 0. The molecular weight excluding hydrogens is 272 g/mol. The first-order valence-corrected chi connectivity index (χ1v) is 7.91. The second-order valence-corrected chi connectivity index (χ2v) is 6.49. The molecule has 1 fully saturated rings. The van der Waals surface area contributed by atoms with Crippen LogP contribution in [-0.4, -0.2) is 70.9 Å². The molecule has 1 unspecified atom stereocenters. The number of nitrogens with one attached hydrogen (secondary N) is 1. The molecule has 1 aliphatic heterocycles. The molecule has 1 heterocycles. The van der Waals surface area contributed by atoms with E-state index in [-0.39, 0.29) is 30.7 Å². The molecule has 8 heteroatoms. The summed E-state index contributed by atoms with van der Waals surface area (Å²) in [4.78, 5) is 11.0. The number of likely N-dealkylation sites (N-methyl/N-ethyl adjacent to an activating group) is 1. The molecule has 0 aromatic rings. The first-order valence-electron chi connectivity index (χ1n) is 6.30. The number of hydrogen-bond acceptors (Lipinski definition) is 6. The maximum atomic E-state index is 12.1. The van der Waals surface area contributed by atoms with Gasteiger partial charge in [-0.05, 0) is 13.5 Å². The molecule has 1 rings (SSSR count). The number of methoxy groups -OCH3 is 1. The molecule has 0 bridgehead atoms. The molecule has 1 saturated heterocycles. The molecule has 19 heavy (non-hydrogen) atoms. The van der Waals surface area contributed by atoms with Gasteiger partial charge in [-0.15, -0.1) is 0 Å². The van der Waals surface area contributed by atoms with E-state index in [0.717, 1.165) is 0 Å². The van der Waals surface area contributed by atoms with E-state index < -0.39 is 10.0 Å². The Balaban J connectivity index is 2.45. The number of carbonyl (C=O) groups is 1. The Labute approximate surface area is 114 Å². The van der Waals surface area contributed by atoms with Crippen molar-refractivity contribution in [3.05, 3.63) is 0 Å². The van der Waals surface area contributed by atoms with Crippen LogP contribution in [0, 0.1) is 0 Å². The predicted octanol–water partition coefficient (Wildman–Crippen LogP) is -0.810. The highest BCUT2D eigenvalue weighted by molar-refractivity contribution is 7.89. The lowest BCUT2D eigenvalue weighted by molar-refractivity contribution is -0.140. The van der Waals surface area contributed by atoms with Crippen molar-refractivity contribution in [2.24, 2.45) is 0 Å². The van der Waals surface area contributed by atoms with Crippen LogP contribution < -0.4 is 5.32 Å². The van der Waals surface area contributed by atoms with Crippen LogP contribution in [0.1, 0.15) is 12.8 Å². The Hall–Kier alpha value is -0.700. The number of morpholine rings is 1. The van der Waals surface area contributed by atoms with E-state index in [1.807, 2.05) is 0 Å². The number of hydrogen-bond donors (Lipinski definition) is 1. The van der Waals surface area contributed by atoms with Gasteiger partial charge in [0.1, 0.15) is 0 Å². The molecule has 0 aromatic carbocycles. The topological polar surface area (TPSA) is 84.9 Å². The Morgan fingerprint density at radius 3 is 2.89 bits per heavy atom. The van der Waals surface area contributed by atoms with Gasteiger partial charge in [-0.3, -0.25) is 4.79 Å². The van der Waals surface area contributed by atoms with Crippen molar-refractivity contribution in [1.82, 2.24) is 9.62 Å². The highest BCUT2D eigenvalue weighted by Gasteiger charge is 2.28. The third kappa shape index (κ3) is 5.43. The monoisotopic (exact) mass is 294 g/mol. The fourth-order valence-corrected chi connectivity index (χ4v) is 3.44. The van der Waals surface area contributed by atoms with E-state index in [2.05, 4.69) is 10.1 Å². The van der Waals surface area contributed by atoms with Gasteiger partial charge in [0.2, 0.25) is 10.0 Å². The molecule has 1 aliphatic rings. The summed E-state index contributed by atoms with van der Waals surface area (Å²) in [7, 11) is -0.229. The normalized spacial score (nSPS) is 21.3. The van der Waals surface area contributed by atoms with Gasteiger partial charge in [-0.25, -0.2) is 8.42 Å². The van der Waals surface area contributed by atoms with Crippen LogP contribution in [0.25, 0.3) is 0 Å². The molecule has 0 aliphatic carbocycles. The van der Waals surface area contributed by atoms with Crippen molar-refractivity contribution in [3.63, 3.8) is 0 Å². The van der Waals surface area contributed by atoms with Crippen molar-refractivity contribution >= 4 is 16.0 Å². The van der Waals surface area contributed by atoms with Crippen LogP contribution in [0.4, 0.5) is 0 Å². The van der Waals surface area contributed by atoms with Crippen molar-refractivity contribution in [2.45, 2.75) is 18.9 Å². The number of sulfonamides is 1. The van der Waals surface area contributed by atoms with Gasteiger partial charge in [0.15, 0.2) is 0 Å². The summed E-state index contributed by atoms with van der Waals surface area (Å²) in [6.07, 6.45) is 0.289.